The summed E-state index contributed by atoms with van der Waals surface area (Å²) < 4.78 is 0. The average molecular weight is 203 g/mol. The highest BCUT2D eigenvalue weighted by Gasteiger charge is 2.11. The largest absolute Gasteiger partial charge is 0.368 e. The van der Waals surface area contributed by atoms with Crippen molar-refractivity contribution in [2.75, 3.05) is 10.6 Å². The Morgan fingerprint density at radius 2 is 2.00 bits per heavy atom. The van der Waals surface area contributed by atoms with Crippen molar-refractivity contribution in [3.8, 4) is 0 Å². The zero-order valence-electron chi connectivity index (χ0n) is 8.89. The lowest BCUT2D eigenvalue weighted by molar-refractivity contribution is 0.731. The highest BCUT2D eigenvalue weighted by atomic mass is 15.1. The third-order valence-electron chi connectivity index (χ3n) is 2.20. The molecule has 2 rings (SSSR count). The van der Waals surface area contributed by atoms with Gasteiger partial charge in [0.1, 0.15) is 12.5 Å². The Labute approximate surface area is 89.6 Å². The molecule has 79 valence electrons. The summed E-state index contributed by atoms with van der Waals surface area (Å²) in [6.45, 7) is 5.83. The van der Waals surface area contributed by atoms with Gasteiger partial charge in [-0.15, -0.1) is 0 Å². The third-order valence-corrected chi connectivity index (χ3v) is 2.20. The SMILES string of the molecule is CC(C)NC(=N)c1ccc2c(c1)N[CH]N2. The molecule has 1 aromatic carbocycles. The molecule has 0 aliphatic carbocycles. The number of rotatable bonds is 2. The molecule has 0 aromatic heterocycles. The molecule has 1 aliphatic heterocycles. The van der Waals surface area contributed by atoms with E-state index in [0.29, 0.717) is 5.84 Å². The van der Waals surface area contributed by atoms with E-state index in [1.54, 1.807) is 6.67 Å². The Morgan fingerprint density at radius 3 is 2.73 bits per heavy atom. The van der Waals surface area contributed by atoms with Crippen molar-refractivity contribution in [1.29, 1.82) is 5.41 Å². The predicted molar refractivity (Wildman–Crippen MR) is 63.1 cm³/mol. The molecule has 0 fully saturated rings. The first-order valence-electron chi connectivity index (χ1n) is 5.01. The van der Waals surface area contributed by atoms with Crippen LogP contribution in [0.1, 0.15) is 19.4 Å². The lowest BCUT2D eigenvalue weighted by Gasteiger charge is -2.11. The van der Waals surface area contributed by atoms with Gasteiger partial charge < -0.3 is 16.0 Å². The molecule has 1 aliphatic rings. The van der Waals surface area contributed by atoms with Crippen LogP contribution in [0.15, 0.2) is 18.2 Å². The van der Waals surface area contributed by atoms with Gasteiger partial charge in [0, 0.05) is 11.6 Å². The van der Waals surface area contributed by atoms with E-state index in [2.05, 4.69) is 16.0 Å². The highest BCUT2D eigenvalue weighted by Crippen LogP contribution is 2.28. The zero-order chi connectivity index (χ0) is 10.8. The lowest BCUT2D eigenvalue weighted by Crippen LogP contribution is -2.30. The van der Waals surface area contributed by atoms with Gasteiger partial charge in [-0.3, -0.25) is 5.41 Å². The molecule has 0 bridgehead atoms. The van der Waals surface area contributed by atoms with E-state index >= 15 is 0 Å². The van der Waals surface area contributed by atoms with Crippen LogP contribution in [-0.4, -0.2) is 11.9 Å². The molecule has 1 heterocycles. The fourth-order valence-electron chi connectivity index (χ4n) is 1.51. The summed E-state index contributed by atoms with van der Waals surface area (Å²) in [5, 5.41) is 17.1. The zero-order valence-corrected chi connectivity index (χ0v) is 8.89. The second-order valence-corrected chi connectivity index (χ2v) is 3.87. The highest BCUT2D eigenvalue weighted by molar-refractivity contribution is 5.98. The van der Waals surface area contributed by atoms with Crippen LogP contribution in [0.2, 0.25) is 0 Å². The van der Waals surface area contributed by atoms with Gasteiger partial charge in [-0.05, 0) is 32.0 Å². The van der Waals surface area contributed by atoms with Gasteiger partial charge in [0.15, 0.2) is 0 Å². The first kappa shape index (κ1) is 9.83. The molecule has 4 N–H and O–H groups in total. The molecule has 0 saturated heterocycles. The summed E-state index contributed by atoms with van der Waals surface area (Å²) in [6, 6.07) is 6.15. The first-order valence-corrected chi connectivity index (χ1v) is 5.01. The Bertz CT molecular complexity index is 384. The number of benzene rings is 1. The van der Waals surface area contributed by atoms with E-state index in [1.807, 2.05) is 32.0 Å². The van der Waals surface area contributed by atoms with Crippen LogP contribution in [0, 0.1) is 12.1 Å². The van der Waals surface area contributed by atoms with E-state index < -0.39 is 0 Å². The van der Waals surface area contributed by atoms with Crippen molar-refractivity contribution in [1.82, 2.24) is 5.32 Å². The molecular weight excluding hydrogens is 188 g/mol. The van der Waals surface area contributed by atoms with Gasteiger partial charge in [-0.2, -0.15) is 0 Å². The Morgan fingerprint density at radius 1 is 1.27 bits per heavy atom. The smallest absolute Gasteiger partial charge is 0.136 e. The van der Waals surface area contributed by atoms with Crippen molar-refractivity contribution in [2.24, 2.45) is 0 Å². The van der Waals surface area contributed by atoms with Crippen molar-refractivity contribution < 1.29 is 0 Å². The van der Waals surface area contributed by atoms with Crippen molar-refractivity contribution in [2.45, 2.75) is 19.9 Å². The minimum absolute atomic E-state index is 0.281. The average Bonchev–Trinajstić information content (AvgIpc) is 2.62. The molecule has 15 heavy (non-hydrogen) atoms. The number of amidine groups is 1. The summed E-state index contributed by atoms with van der Waals surface area (Å²) in [5.74, 6) is 0.460. The van der Waals surface area contributed by atoms with E-state index in [4.69, 9.17) is 5.41 Å². The maximum atomic E-state index is 7.85. The Balaban J connectivity index is 2.19. The molecule has 0 atom stereocenters. The summed E-state index contributed by atoms with van der Waals surface area (Å²) in [6.07, 6.45) is 0. The van der Waals surface area contributed by atoms with Gasteiger partial charge >= 0.3 is 0 Å². The third kappa shape index (κ3) is 2.03. The van der Waals surface area contributed by atoms with Crippen molar-refractivity contribution in [3.05, 3.63) is 30.4 Å². The van der Waals surface area contributed by atoms with Crippen LogP contribution in [0.5, 0.6) is 0 Å². The van der Waals surface area contributed by atoms with Crippen LogP contribution in [0.4, 0.5) is 11.4 Å². The molecule has 0 unspecified atom stereocenters. The number of fused-ring (bicyclic) bond motifs is 1. The van der Waals surface area contributed by atoms with Crippen LogP contribution in [-0.2, 0) is 0 Å². The van der Waals surface area contributed by atoms with Crippen molar-refractivity contribution in [3.63, 3.8) is 0 Å². The van der Waals surface area contributed by atoms with E-state index in [1.165, 1.54) is 0 Å². The summed E-state index contributed by atoms with van der Waals surface area (Å²) in [5.41, 5.74) is 2.96. The standard InChI is InChI=1S/C11H15N4/c1-7(2)15-11(12)8-3-4-9-10(5-8)14-6-13-9/h3-7,13-14H,1-2H3,(H2,12,15). The van der Waals surface area contributed by atoms with Gasteiger partial charge in [0.05, 0.1) is 11.4 Å². The molecular formula is C11H15N4. The molecule has 1 aromatic rings. The molecule has 0 spiro atoms. The molecule has 0 saturated carbocycles. The molecule has 4 nitrogen and oxygen atoms in total. The number of anilines is 2. The number of hydrogen-bond acceptors (Lipinski definition) is 3. The molecule has 4 heteroatoms. The van der Waals surface area contributed by atoms with Gasteiger partial charge in [-0.25, -0.2) is 0 Å². The van der Waals surface area contributed by atoms with Crippen LogP contribution in [0.3, 0.4) is 0 Å². The van der Waals surface area contributed by atoms with Crippen molar-refractivity contribution >= 4 is 17.2 Å². The van der Waals surface area contributed by atoms with Gasteiger partial charge in [0.2, 0.25) is 0 Å². The Kier molecular flexibility index (Phi) is 2.49. The summed E-state index contributed by atoms with van der Waals surface area (Å²) >= 11 is 0. The molecule has 1 radical (unpaired) electrons. The first-order chi connectivity index (χ1) is 7.16. The van der Waals surface area contributed by atoms with E-state index in [9.17, 15) is 0 Å². The minimum atomic E-state index is 0.281. The quantitative estimate of drug-likeness (QED) is 0.439. The maximum absolute atomic E-state index is 7.85. The number of hydrogen-bond donors (Lipinski definition) is 4. The monoisotopic (exact) mass is 203 g/mol. The topological polar surface area (TPSA) is 59.9 Å². The van der Waals surface area contributed by atoms with Crippen LogP contribution >= 0.6 is 0 Å². The second kappa shape index (κ2) is 3.81. The Hall–Kier alpha value is -1.71. The van der Waals surface area contributed by atoms with Gasteiger partial charge in [0.25, 0.3) is 0 Å². The van der Waals surface area contributed by atoms with Gasteiger partial charge in [-0.1, -0.05) is 0 Å². The van der Waals surface area contributed by atoms with E-state index in [-0.39, 0.29) is 6.04 Å². The summed E-state index contributed by atoms with van der Waals surface area (Å²) in [7, 11) is 0. The van der Waals surface area contributed by atoms with E-state index in [0.717, 1.165) is 16.9 Å². The maximum Gasteiger partial charge on any atom is 0.136 e. The predicted octanol–water partition coefficient (Wildman–Crippen LogP) is 1.97. The second-order valence-electron chi connectivity index (χ2n) is 3.87. The normalized spacial score (nSPS) is 13.0. The van der Waals surface area contributed by atoms with Crippen LogP contribution < -0.4 is 16.0 Å². The van der Waals surface area contributed by atoms with Crippen LogP contribution in [0.25, 0.3) is 0 Å². The minimum Gasteiger partial charge on any atom is -0.368 e. The summed E-state index contributed by atoms with van der Waals surface area (Å²) in [4.78, 5) is 0. The number of nitrogens with one attached hydrogen (secondary N) is 4. The lowest BCUT2D eigenvalue weighted by atomic mass is 10.1. The fourth-order valence-corrected chi connectivity index (χ4v) is 1.51. The molecule has 0 amide bonds. The fraction of sp³-hybridized carbons (Fsp3) is 0.273.